The van der Waals surface area contributed by atoms with Crippen LogP contribution in [0.1, 0.15) is 245 Å². The lowest BCUT2D eigenvalue weighted by Gasteiger charge is -2.18. The Balaban J connectivity index is 4.50. The van der Waals surface area contributed by atoms with Gasteiger partial charge in [0.1, 0.15) is 13.2 Å². The Hall–Kier alpha value is -3.93. The van der Waals surface area contributed by atoms with Gasteiger partial charge in [-0.15, -0.1) is 0 Å². The molecule has 0 N–H and O–H groups in total. The second-order valence-electron chi connectivity index (χ2n) is 18.1. The zero-order chi connectivity index (χ0) is 49.3. The highest BCUT2D eigenvalue weighted by Gasteiger charge is 2.19. The molecule has 0 aliphatic carbocycles. The third kappa shape index (κ3) is 53.0. The minimum atomic E-state index is -0.816. The average Bonchev–Trinajstić information content (AvgIpc) is 3.34. The SMILES string of the molecule is CC/C=C\C/C=C\C/C=C\C/C=C\C/C=C\C/C=C\CCC(=O)OC[C@@H](COC(=O)CCCCCCC/C=C\CCCCC)OC(=O)CCCCCCCCCCC/C=C\C/C=C\CCCCC. The number of allylic oxidation sites excluding steroid dienone is 18. The molecule has 0 aromatic rings. The fourth-order valence-electron chi connectivity index (χ4n) is 7.32. The summed E-state index contributed by atoms with van der Waals surface area (Å²) in [6.45, 7) is 6.40. The Morgan fingerprint density at radius 2 is 0.603 bits per heavy atom. The molecular formula is C62H102O6. The topological polar surface area (TPSA) is 78.9 Å². The lowest BCUT2D eigenvalue weighted by Crippen LogP contribution is -2.30. The van der Waals surface area contributed by atoms with Crippen LogP contribution in [-0.2, 0) is 28.6 Å². The van der Waals surface area contributed by atoms with Crippen LogP contribution in [0.2, 0.25) is 0 Å². The van der Waals surface area contributed by atoms with Crippen molar-refractivity contribution >= 4 is 17.9 Å². The van der Waals surface area contributed by atoms with Crippen molar-refractivity contribution in [2.24, 2.45) is 0 Å². The van der Waals surface area contributed by atoms with Crippen molar-refractivity contribution in [3.8, 4) is 0 Å². The van der Waals surface area contributed by atoms with Crippen molar-refractivity contribution in [2.45, 2.75) is 252 Å². The smallest absolute Gasteiger partial charge is 0.306 e. The van der Waals surface area contributed by atoms with Crippen molar-refractivity contribution in [2.75, 3.05) is 13.2 Å². The summed E-state index contributed by atoms with van der Waals surface area (Å²) < 4.78 is 16.8. The normalized spacial score (nSPS) is 12.9. The molecule has 0 amide bonds. The molecule has 386 valence electrons. The van der Waals surface area contributed by atoms with Crippen LogP contribution in [0.25, 0.3) is 0 Å². The second kappa shape index (κ2) is 55.7. The molecule has 0 bridgehead atoms. The van der Waals surface area contributed by atoms with E-state index in [0.717, 1.165) is 96.3 Å². The predicted molar refractivity (Wildman–Crippen MR) is 293 cm³/mol. The van der Waals surface area contributed by atoms with Crippen molar-refractivity contribution in [1.29, 1.82) is 0 Å². The lowest BCUT2D eigenvalue weighted by atomic mass is 10.1. The standard InChI is InChI=1S/C62H102O6/c1-4-7-10-13-16-19-22-25-27-29-31-33-35-37-40-43-46-49-52-55-61(64)67-58-59(57-66-60(63)54-51-48-45-42-39-24-21-18-15-12-9-6-3)68-62(65)56-53-50-47-44-41-38-36-34-32-30-28-26-23-20-17-14-11-8-5-2/h7,10,16-21,25-28,31,33,37,40,46,49,59H,4-6,8-9,11-15,22-24,29-30,32,34-36,38-39,41-45,47-48,50-58H2,1-3H3/b10-7-,19-16-,20-17-,21-18-,27-25-,28-26-,33-31-,40-37-,49-46-/t59-/m1/s1. The molecule has 0 fully saturated rings. The van der Waals surface area contributed by atoms with E-state index in [4.69, 9.17) is 14.2 Å². The van der Waals surface area contributed by atoms with E-state index in [-0.39, 0.29) is 37.5 Å². The molecule has 0 aliphatic rings. The Bertz CT molecular complexity index is 1410. The number of hydrogen-bond acceptors (Lipinski definition) is 6. The molecule has 0 aliphatic heterocycles. The van der Waals surface area contributed by atoms with Gasteiger partial charge in [0.2, 0.25) is 0 Å². The fraction of sp³-hybridized carbons (Fsp3) is 0.661. The van der Waals surface area contributed by atoms with E-state index in [9.17, 15) is 14.4 Å². The van der Waals surface area contributed by atoms with Gasteiger partial charge < -0.3 is 14.2 Å². The third-order valence-corrected chi connectivity index (χ3v) is 11.5. The first-order valence-electron chi connectivity index (χ1n) is 27.9. The van der Waals surface area contributed by atoms with E-state index < -0.39 is 6.10 Å². The molecule has 68 heavy (non-hydrogen) atoms. The maximum Gasteiger partial charge on any atom is 0.306 e. The van der Waals surface area contributed by atoms with Crippen LogP contribution in [0.15, 0.2) is 109 Å². The quantitative estimate of drug-likeness (QED) is 0.0262. The van der Waals surface area contributed by atoms with Crippen LogP contribution in [0.4, 0.5) is 0 Å². The summed E-state index contributed by atoms with van der Waals surface area (Å²) in [4.78, 5) is 38.1. The maximum atomic E-state index is 12.8. The number of ether oxygens (including phenoxy) is 3. The first kappa shape index (κ1) is 64.1. The maximum absolute atomic E-state index is 12.8. The van der Waals surface area contributed by atoms with Crippen LogP contribution >= 0.6 is 0 Å². The third-order valence-electron chi connectivity index (χ3n) is 11.5. The molecule has 0 saturated carbocycles. The van der Waals surface area contributed by atoms with Crippen molar-refractivity contribution < 1.29 is 28.6 Å². The molecule has 1 atom stereocenters. The van der Waals surface area contributed by atoms with Gasteiger partial charge >= 0.3 is 17.9 Å². The highest BCUT2D eigenvalue weighted by Crippen LogP contribution is 2.14. The highest BCUT2D eigenvalue weighted by atomic mass is 16.6. The summed E-state index contributed by atoms with van der Waals surface area (Å²) in [6, 6.07) is 0. The van der Waals surface area contributed by atoms with E-state index in [2.05, 4.69) is 124 Å². The fourth-order valence-corrected chi connectivity index (χ4v) is 7.32. The Morgan fingerprint density at radius 3 is 1.00 bits per heavy atom. The molecule has 0 saturated heterocycles. The monoisotopic (exact) mass is 943 g/mol. The molecule has 6 nitrogen and oxygen atoms in total. The van der Waals surface area contributed by atoms with Crippen molar-refractivity contribution in [3.63, 3.8) is 0 Å². The molecule has 0 heterocycles. The summed E-state index contributed by atoms with van der Waals surface area (Å²) in [6.07, 6.45) is 75.1. The summed E-state index contributed by atoms with van der Waals surface area (Å²) in [7, 11) is 0. The number of hydrogen-bond donors (Lipinski definition) is 0. The van der Waals surface area contributed by atoms with Crippen LogP contribution in [0.3, 0.4) is 0 Å². The van der Waals surface area contributed by atoms with E-state index in [1.54, 1.807) is 0 Å². The van der Waals surface area contributed by atoms with E-state index in [1.807, 2.05) is 6.08 Å². The zero-order valence-corrected chi connectivity index (χ0v) is 44.1. The predicted octanol–water partition coefficient (Wildman–Crippen LogP) is 18.7. The molecule has 0 spiro atoms. The van der Waals surface area contributed by atoms with Gasteiger partial charge in [-0.05, 0) is 116 Å². The van der Waals surface area contributed by atoms with Crippen LogP contribution in [0, 0.1) is 0 Å². The summed E-state index contributed by atoms with van der Waals surface area (Å²) in [5, 5.41) is 0. The highest BCUT2D eigenvalue weighted by molar-refractivity contribution is 5.71. The Labute approximate surface area is 419 Å². The Morgan fingerprint density at radius 1 is 0.309 bits per heavy atom. The minimum Gasteiger partial charge on any atom is -0.462 e. The largest absolute Gasteiger partial charge is 0.462 e. The number of unbranched alkanes of at least 4 members (excludes halogenated alkanes) is 20. The number of carbonyl (C=O) groups excluding carboxylic acids is 3. The summed E-state index contributed by atoms with van der Waals surface area (Å²) in [5.41, 5.74) is 0. The van der Waals surface area contributed by atoms with Gasteiger partial charge in [-0.25, -0.2) is 0 Å². The number of carbonyl (C=O) groups is 3. The molecule has 0 unspecified atom stereocenters. The van der Waals surface area contributed by atoms with Gasteiger partial charge in [-0.3, -0.25) is 14.4 Å². The first-order valence-corrected chi connectivity index (χ1v) is 27.9. The first-order chi connectivity index (χ1) is 33.5. The van der Waals surface area contributed by atoms with Crippen LogP contribution in [-0.4, -0.2) is 37.2 Å². The Kier molecular flexibility index (Phi) is 52.4. The average molecular weight is 943 g/mol. The van der Waals surface area contributed by atoms with Crippen LogP contribution < -0.4 is 0 Å². The number of rotatable bonds is 49. The zero-order valence-electron chi connectivity index (χ0n) is 44.1. The summed E-state index contributed by atoms with van der Waals surface area (Å²) in [5.74, 6) is -1.01. The van der Waals surface area contributed by atoms with Crippen molar-refractivity contribution in [1.82, 2.24) is 0 Å². The van der Waals surface area contributed by atoms with Gasteiger partial charge in [-0.1, -0.05) is 220 Å². The van der Waals surface area contributed by atoms with Crippen molar-refractivity contribution in [3.05, 3.63) is 109 Å². The molecule has 0 radical (unpaired) electrons. The van der Waals surface area contributed by atoms with E-state index >= 15 is 0 Å². The van der Waals surface area contributed by atoms with Gasteiger partial charge in [0.25, 0.3) is 0 Å². The molecular weight excluding hydrogens is 841 g/mol. The van der Waals surface area contributed by atoms with Gasteiger partial charge in [0, 0.05) is 19.3 Å². The summed E-state index contributed by atoms with van der Waals surface area (Å²) >= 11 is 0. The van der Waals surface area contributed by atoms with Crippen LogP contribution in [0.5, 0.6) is 0 Å². The van der Waals surface area contributed by atoms with E-state index in [0.29, 0.717) is 19.3 Å². The molecule has 0 aromatic heterocycles. The van der Waals surface area contributed by atoms with Gasteiger partial charge in [0.15, 0.2) is 6.10 Å². The lowest BCUT2D eigenvalue weighted by molar-refractivity contribution is -0.166. The molecule has 0 aromatic carbocycles. The second-order valence-corrected chi connectivity index (χ2v) is 18.1. The number of esters is 3. The minimum absolute atomic E-state index is 0.109. The molecule has 0 rings (SSSR count). The van der Waals surface area contributed by atoms with E-state index in [1.165, 1.54) is 103 Å². The van der Waals surface area contributed by atoms with Gasteiger partial charge in [0.05, 0.1) is 0 Å². The molecule has 6 heteroatoms. The van der Waals surface area contributed by atoms with Gasteiger partial charge in [-0.2, -0.15) is 0 Å².